The lowest BCUT2D eigenvalue weighted by atomic mass is 10.2. The fraction of sp³-hybridized carbons (Fsp3) is 0.417. The first-order chi connectivity index (χ1) is 9.34. The standard InChI is InChI=1S/C12H18N2O5S/c1-13-10-5-4-9(12(15)16)8-11(10)20(17,18)14(2)6-7-19-3/h4-5,8,13H,6-7H2,1-3H3,(H,15,16). The average Bonchev–Trinajstić information content (AvgIpc) is 2.43. The van der Waals surface area contributed by atoms with Gasteiger partial charge in [-0.3, -0.25) is 0 Å². The van der Waals surface area contributed by atoms with E-state index in [0.29, 0.717) is 5.69 Å². The van der Waals surface area contributed by atoms with Crippen molar-refractivity contribution in [2.75, 3.05) is 39.7 Å². The maximum atomic E-state index is 12.4. The Bertz CT molecular complexity index is 586. The Morgan fingerprint density at radius 1 is 1.45 bits per heavy atom. The summed E-state index contributed by atoms with van der Waals surface area (Å²) in [5, 5.41) is 11.7. The number of carboxylic acid groups (broad SMARTS) is 1. The molecule has 0 saturated heterocycles. The van der Waals surface area contributed by atoms with Gasteiger partial charge in [-0.1, -0.05) is 0 Å². The lowest BCUT2D eigenvalue weighted by Gasteiger charge is -2.19. The highest BCUT2D eigenvalue weighted by molar-refractivity contribution is 7.89. The molecule has 1 aromatic carbocycles. The van der Waals surface area contributed by atoms with Crippen molar-refractivity contribution >= 4 is 21.7 Å². The second-order valence-electron chi connectivity index (χ2n) is 4.09. The highest BCUT2D eigenvalue weighted by Crippen LogP contribution is 2.25. The number of carbonyl (C=O) groups is 1. The molecule has 0 aliphatic carbocycles. The van der Waals surface area contributed by atoms with E-state index in [-0.39, 0.29) is 23.6 Å². The van der Waals surface area contributed by atoms with Crippen LogP contribution in [0.25, 0.3) is 0 Å². The number of hydrogen-bond donors (Lipinski definition) is 2. The number of sulfonamides is 1. The second kappa shape index (κ2) is 6.69. The second-order valence-corrected chi connectivity index (χ2v) is 6.10. The summed E-state index contributed by atoms with van der Waals surface area (Å²) in [6.45, 7) is 0.433. The monoisotopic (exact) mass is 302 g/mol. The van der Waals surface area contributed by atoms with Crippen molar-refractivity contribution in [1.82, 2.24) is 4.31 Å². The van der Waals surface area contributed by atoms with Gasteiger partial charge >= 0.3 is 5.97 Å². The molecule has 0 atom stereocenters. The first kappa shape index (κ1) is 16.4. The Hall–Kier alpha value is -1.64. The van der Waals surface area contributed by atoms with Crippen LogP contribution in [0, 0.1) is 0 Å². The third kappa shape index (κ3) is 3.47. The van der Waals surface area contributed by atoms with Gasteiger partial charge in [-0.25, -0.2) is 13.2 Å². The fourth-order valence-electron chi connectivity index (χ4n) is 1.58. The molecule has 1 rings (SSSR count). The fourth-order valence-corrected chi connectivity index (χ4v) is 2.96. The molecule has 2 N–H and O–H groups in total. The summed E-state index contributed by atoms with van der Waals surface area (Å²) in [7, 11) is 0.685. The molecular formula is C12H18N2O5S. The summed E-state index contributed by atoms with van der Waals surface area (Å²) in [6, 6.07) is 3.93. The number of nitrogens with zero attached hydrogens (tertiary/aromatic N) is 1. The van der Waals surface area contributed by atoms with Crippen molar-refractivity contribution in [2.24, 2.45) is 0 Å². The minimum absolute atomic E-state index is 0.0708. The predicted octanol–water partition coefficient (Wildman–Crippen LogP) is 0.693. The molecule has 0 saturated carbocycles. The Morgan fingerprint density at radius 3 is 2.60 bits per heavy atom. The van der Waals surface area contributed by atoms with Crippen molar-refractivity contribution in [3.8, 4) is 0 Å². The van der Waals surface area contributed by atoms with Gasteiger partial charge < -0.3 is 15.2 Å². The Morgan fingerprint density at radius 2 is 2.10 bits per heavy atom. The van der Waals surface area contributed by atoms with Gasteiger partial charge in [0.2, 0.25) is 10.0 Å². The highest BCUT2D eigenvalue weighted by atomic mass is 32.2. The molecule has 0 aliphatic heterocycles. The molecule has 0 bridgehead atoms. The molecule has 0 heterocycles. The quantitative estimate of drug-likeness (QED) is 0.769. The molecule has 0 amide bonds. The predicted molar refractivity (Wildman–Crippen MR) is 74.6 cm³/mol. The molecule has 1 aromatic rings. The lowest BCUT2D eigenvalue weighted by Crippen LogP contribution is -2.30. The number of hydrogen-bond acceptors (Lipinski definition) is 5. The van der Waals surface area contributed by atoms with Gasteiger partial charge in [0.05, 0.1) is 17.9 Å². The topological polar surface area (TPSA) is 95.9 Å². The summed E-state index contributed by atoms with van der Waals surface area (Å²) in [5.74, 6) is -1.18. The van der Waals surface area contributed by atoms with Crippen LogP contribution in [0.15, 0.2) is 23.1 Å². The van der Waals surface area contributed by atoms with Crippen LogP contribution in [0.3, 0.4) is 0 Å². The van der Waals surface area contributed by atoms with Crippen LogP contribution in [0.1, 0.15) is 10.4 Å². The molecule has 0 radical (unpaired) electrons. The summed E-state index contributed by atoms with van der Waals surface area (Å²) >= 11 is 0. The van der Waals surface area contributed by atoms with E-state index in [9.17, 15) is 13.2 Å². The van der Waals surface area contributed by atoms with Gasteiger partial charge in [0.25, 0.3) is 0 Å². The van der Waals surface area contributed by atoms with Crippen molar-refractivity contribution in [3.05, 3.63) is 23.8 Å². The molecule has 0 aromatic heterocycles. The van der Waals surface area contributed by atoms with E-state index in [2.05, 4.69) is 5.32 Å². The number of anilines is 1. The van der Waals surface area contributed by atoms with Crippen LogP contribution in [0.5, 0.6) is 0 Å². The molecule has 8 heteroatoms. The molecule has 0 spiro atoms. The number of likely N-dealkylation sites (N-methyl/N-ethyl adjacent to an activating group) is 1. The van der Waals surface area contributed by atoms with E-state index >= 15 is 0 Å². The zero-order valence-electron chi connectivity index (χ0n) is 11.6. The van der Waals surface area contributed by atoms with Crippen LogP contribution >= 0.6 is 0 Å². The zero-order valence-corrected chi connectivity index (χ0v) is 12.4. The number of benzene rings is 1. The van der Waals surface area contributed by atoms with Crippen LogP contribution < -0.4 is 5.32 Å². The van der Waals surface area contributed by atoms with Crippen molar-refractivity contribution in [3.63, 3.8) is 0 Å². The Labute approximate surface area is 118 Å². The Kier molecular flexibility index (Phi) is 5.49. The first-order valence-electron chi connectivity index (χ1n) is 5.85. The summed E-state index contributed by atoms with van der Waals surface area (Å²) in [5.41, 5.74) is 0.266. The minimum Gasteiger partial charge on any atom is -0.478 e. The van der Waals surface area contributed by atoms with E-state index in [0.717, 1.165) is 10.4 Å². The zero-order chi connectivity index (χ0) is 15.3. The van der Waals surface area contributed by atoms with Gasteiger partial charge in [-0.2, -0.15) is 4.31 Å². The molecular weight excluding hydrogens is 284 g/mol. The van der Waals surface area contributed by atoms with E-state index in [1.165, 1.54) is 26.3 Å². The van der Waals surface area contributed by atoms with Gasteiger partial charge in [-0.05, 0) is 18.2 Å². The largest absolute Gasteiger partial charge is 0.478 e. The maximum absolute atomic E-state index is 12.4. The van der Waals surface area contributed by atoms with E-state index < -0.39 is 16.0 Å². The van der Waals surface area contributed by atoms with Gasteiger partial charge in [0.15, 0.2) is 0 Å². The van der Waals surface area contributed by atoms with E-state index in [1.54, 1.807) is 7.05 Å². The third-order valence-electron chi connectivity index (χ3n) is 2.80. The van der Waals surface area contributed by atoms with Gasteiger partial charge in [-0.15, -0.1) is 0 Å². The number of methoxy groups -OCH3 is 1. The van der Waals surface area contributed by atoms with E-state index in [4.69, 9.17) is 9.84 Å². The van der Waals surface area contributed by atoms with Crippen LogP contribution in [-0.2, 0) is 14.8 Å². The highest BCUT2D eigenvalue weighted by Gasteiger charge is 2.24. The number of ether oxygens (including phenoxy) is 1. The number of nitrogens with one attached hydrogen (secondary N) is 1. The van der Waals surface area contributed by atoms with E-state index in [1.807, 2.05) is 0 Å². The lowest BCUT2D eigenvalue weighted by molar-refractivity contribution is 0.0696. The first-order valence-corrected chi connectivity index (χ1v) is 7.29. The maximum Gasteiger partial charge on any atom is 0.335 e. The number of rotatable bonds is 7. The smallest absolute Gasteiger partial charge is 0.335 e. The molecule has 7 nitrogen and oxygen atoms in total. The number of carboxylic acids is 1. The van der Waals surface area contributed by atoms with Gasteiger partial charge in [0, 0.05) is 27.7 Å². The SMILES string of the molecule is CNc1ccc(C(=O)O)cc1S(=O)(=O)N(C)CCOC. The molecule has 0 fully saturated rings. The van der Waals surface area contributed by atoms with Crippen molar-refractivity contribution in [2.45, 2.75) is 4.90 Å². The normalized spacial score (nSPS) is 11.6. The molecule has 0 unspecified atom stereocenters. The summed E-state index contributed by atoms with van der Waals surface area (Å²) in [4.78, 5) is 10.9. The molecule has 20 heavy (non-hydrogen) atoms. The number of aromatic carboxylic acids is 1. The summed E-state index contributed by atoms with van der Waals surface area (Å²) in [6.07, 6.45) is 0. The van der Waals surface area contributed by atoms with Crippen molar-refractivity contribution in [1.29, 1.82) is 0 Å². The van der Waals surface area contributed by atoms with Crippen LogP contribution in [0.4, 0.5) is 5.69 Å². The minimum atomic E-state index is -3.78. The van der Waals surface area contributed by atoms with Crippen LogP contribution in [0.2, 0.25) is 0 Å². The third-order valence-corrected chi connectivity index (χ3v) is 4.69. The van der Waals surface area contributed by atoms with Gasteiger partial charge in [0.1, 0.15) is 4.90 Å². The van der Waals surface area contributed by atoms with Crippen molar-refractivity contribution < 1.29 is 23.1 Å². The van der Waals surface area contributed by atoms with Crippen LogP contribution in [-0.4, -0.2) is 58.2 Å². The Balaban J connectivity index is 3.27. The molecule has 112 valence electrons. The molecule has 0 aliphatic rings. The average molecular weight is 302 g/mol. The summed E-state index contributed by atoms with van der Waals surface area (Å²) < 4.78 is 30.8.